The molecule has 0 bridgehead atoms. The zero-order chi connectivity index (χ0) is 85.3. The smallest absolute Gasteiger partial charge is 0.870 e. The van der Waals surface area contributed by atoms with Crippen molar-refractivity contribution < 1.29 is 86.0 Å². The van der Waals surface area contributed by atoms with E-state index in [-0.39, 0.29) is 167 Å². The van der Waals surface area contributed by atoms with Gasteiger partial charge in [-0.3, -0.25) is 24.0 Å². The van der Waals surface area contributed by atoms with Crippen LogP contribution in [-0.2, 0) is 62.9 Å². The molecule has 15 aromatic heterocycles. The van der Waals surface area contributed by atoms with Crippen molar-refractivity contribution in [3.8, 4) is 0 Å². The minimum absolute atomic E-state index is 0. The first kappa shape index (κ1) is 88.3. The van der Waals surface area contributed by atoms with Gasteiger partial charge in [-0.05, 0) is 87.8 Å². The number of carboxylic acid groups (broad SMARTS) is 2. The number of pyridine rings is 3. The molecule has 126 heavy (non-hydrogen) atoms. The molecule has 0 spiro atoms. The third-order valence-electron chi connectivity index (χ3n) is 22.3. The van der Waals surface area contributed by atoms with Crippen LogP contribution in [0.5, 0.6) is 0 Å². The molecule has 0 unspecified atom stereocenters. The van der Waals surface area contributed by atoms with Gasteiger partial charge in [0.15, 0.2) is 51.7 Å². The average Bonchev–Trinajstić information content (AvgIpc) is 1.58. The SMILES string of the molecule is COC(=O)C1CN(c2cc(C3CC3)nn3cc(Cn4cc(C(=O)CCc5ncn6ccc(Cl)c(F)c56)nn4)nc23)C1.COC(=O)C1CN(c2cc(C3CC3)nn3cc(Cn4cc(C(=O)O)nn4)nc23)C1.Cl.NCc1ncn2ccc(Cl)c(F)c12.O=C(CCc1ncn2ccc(Cl)c(F)c12)c1cn(Cc2cn3nc(C4CC4)cc(N4CC(C(=O)O)C4)c3n2)nn1.[Li+].[OH-]. The number of hydrogen-bond acceptors (Lipinski definition) is 28. The summed E-state index contributed by atoms with van der Waals surface area (Å²) in [6, 6.07) is 10.5. The number of imidazole rings is 6. The molecule has 0 amide bonds. The second-order valence-electron chi connectivity index (χ2n) is 30.9. The molecule has 0 radical (unpaired) electrons. The van der Waals surface area contributed by atoms with Crippen LogP contribution in [0.1, 0.15) is 152 Å². The minimum Gasteiger partial charge on any atom is -0.870 e. The number of methoxy groups -OCH3 is 2. The maximum Gasteiger partial charge on any atom is 1.00 e. The number of rotatable bonds is 25. The Bertz CT molecular complexity index is 6700. The van der Waals surface area contributed by atoms with E-state index in [1.165, 1.54) is 71.4 Å². The van der Waals surface area contributed by atoms with Gasteiger partial charge < -0.3 is 58.8 Å². The van der Waals surface area contributed by atoms with Crippen LogP contribution in [0, 0.1) is 35.2 Å². The molecule has 3 aliphatic heterocycles. The maximum absolute atomic E-state index is 14.5. The zero-order valence-corrected chi connectivity index (χ0v) is 70.5. The molecule has 0 aromatic carbocycles. The molecule has 6 aliphatic rings. The number of aliphatic carboxylic acids is 1. The number of carbonyl (C=O) groups is 6. The van der Waals surface area contributed by atoms with Gasteiger partial charge in [-0.15, -0.1) is 27.7 Å². The van der Waals surface area contributed by atoms with E-state index in [0.29, 0.717) is 120 Å². The number of aromatic carboxylic acids is 1. The molecular formula is C79H76Cl4F3LiN28O11. The number of carboxylic acids is 2. The number of carbonyl (C=O) groups excluding carboxylic acids is 4. The Morgan fingerprint density at radius 3 is 1.10 bits per heavy atom. The number of aromatic nitrogens is 24. The minimum atomic E-state index is -1.12. The number of Topliss-reactive ketones (excluding diaryl/α,β-unsaturated/α-hetero) is 2. The van der Waals surface area contributed by atoms with Crippen molar-refractivity contribution >= 4 is 133 Å². The van der Waals surface area contributed by atoms with Crippen molar-refractivity contribution in [2.45, 2.75) is 108 Å². The molecule has 0 atom stereocenters. The summed E-state index contributed by atoms with van der Waals surface area (Å²) >= 11 is 17.4. The van der Waals surface area contributed by atoms with Gasteiger partial charge in [-0.1, -0.05) is 50.4 Å². The Labute approximate surface area is 743 Å². The Kier molecular flexibility index (Phi) is 25.6. The summed E-state index contributed by atoms with van der Waals surface area (Å²) in [5.41, 5.74) is 17.9. The molecule has 648 valence electrons. The van der Waals surface area contributed by atoms with Gasteiger partial charge in [0.05, 0.1) is 191 Å². The van der Waals surface area contributed by atoms with Crippen molar-refractivity contribution in [1.82, 2.24) is 117 Å². The molecule has 3 saturated heterocycles. The van der Waals surface area contributed by atoms with Crippen molar-refractivity contribution in [3.63, 3.8) is 0 Å². The van der Waals surface area contributed by atoms with E-state index < -0.39 is 29.4 Å². The number of hydrogen-bond donors (Lipinski definition) is 3. The molecule has 5 N–H and O–H groups in total. The largest absolute Gasteiger partial charge is 1.00 e. The Balaban J connectivity index is 0.000000136. The summed E-state index contributed by atoms with van der Waals surface area (Å²) in [7, 11) is 2.81. The van der Waals surface area contributed by atoms with Gasteiger partial charge in [0, 0.05) is 95.0 Å². The summed E-state index contributed by atoms with van der Waals surface area (Å²) in [5.74, 6) is -3.73. The van der Waals surface area contributed by atoms with Crippen LogP contribution in [0.4, 0.5) is 30.2 Å². The summed E-state index contributed by atoms with van der Waals surface area (Å²) in [5, 5.41) is 56.3. The van der Waals surface area contributed by atoms with Crippen molar-refractivity contribution in [2.24, 2.45) is 23.5 Å². The van der Waals surface area contributed by atoms with E-state index in [9.17, 15) is 47.0 Å². The number of halogens is 7. The number of nitrogens with zero attached hydrogens (tertiary/aromatic N) is 27. The zero-order valence-electron chi connectivity index (χ0n) is 67.4. The number of ether oxygens (including phenoxy) is 2. The van der Waals surface area contributed by atoms with E-state index in [2.05, 4.69) is 72.8 Å². The van der Waals surface area contributed by atoms with E-state index in [0.717, 1.165) is 72.7 Å². The van der Waals surface area contributed by atoms with Gasteiger partial charge in [0.1, 0.15) is 27.9 Å². The van der Waals surface area contributed by atoms with E-state index >= 15 is 0 Å². The molecule has 3 aliphatic carbocycles. The first-order valence-corrected chi connectivity index (χ1v) is 40.5. The molecule has 18 heterocycles. The molecule has 39 nitrogen and oxygen atoms in total. The monoisotopic (exact) mass is 1800 g/mol. The number of esters is 2. The van der Waals surface area contributed by atoms with Crippen LogP contribution >= 0.6 is 47.2 Å². The van der Waals surface area contributed by atoms with Gasteiger partial charge in [-0.25, -0.2) is 75.5 Å². The standard InChI is InChI=1S/C27H25ClFN9O3.C26H23ClFN9O3.C18H19N7O4.C8H7ClFN3.ClH.Li.H2O/c1-41-27(40)16-9-36(10-16)22-8-20(15-2-3-15)33-38-12-17(31-26(22)38)11-37-13-21(32-34-37)23(39)5-4-19-25-24(29)18(28)6-7-35(25)14-30-19;27-17-5-6-34-13-29-18(24(34)23(17)28)3-4-22(38)20-12-36(33-31-20)10-16-11-37-25(30-16)21(7-19(32-37)14-1-2-14)35-8-15(9-35)26(39)40;1-29-18(28)11-5-23(6-11)15-4-13(10-2-3-10)21-25-8-12(19-16(15)25)7-24-9-14(17(26)27)20-22-24;9-5-1-2-13-4-12-6(3-11)8(13)7(5)10;;;/h6-8,12-16H,2-5,9-11H2,1H3;5-7,11-15H,1-4,8-10H2,(H,39,40);4,8-11H,2-3,5-7H2,1H3,(H,26,27);1-2,4H,3,11H2;1H;;1H2/q;;;;;+1;/p-1. The van der Waals surface area contributed by atoms with Crippen LogP contribution in [0.25, 0.3) is 33.5 Å². The predicted octanol–water partition coefficient (Wildman–Crippen LogP) is 5.52. The molecular weight excluding hydrogens is 1720 g/mol. The van der Waals surface area contributed by atoms with Crippen LogP contribution in [0.3, 0.4) is 0 Å². The van der Waals surface area contributed by atoms with E-state index in [1.54, 1.807) is 58.0 Å². The average molecular weight is 1800 g/mol. The van der Waals surface area contributed by atoms with E-state index in [4.69, 9.17) is 80.4 Å². The van der Waals surface area contributed by atoms with Crippen molar-refractivity contribution in [2.75, 3.05) is 68.2 Å². The summed E-state index contributed by atoms with van der Waals surface area (Å²) in [4.78, 5) is 105. The normalized spacial score (nSPS) is 15.0. The third-order valence-corrected chi connectivity index (χ3v) is 23.1. The first-order valence-electron chi connectivity index (χ1n) is 39.4. The number of aryl methyl sites for hydroxylation is 2. The topological polar surface area (TPSA) is 462 Å². The number of anilines is 3. The quantitative estimate of drug-likeness (QED) is 0.0360. The Hall–Kier alpha value is -12.6. The number of nitrogens with two attached hydrogens (primary N) is 1. The van der Waals surface area contributed by atoms with Crippen LogP contribution < -0.4 is 39.3 Å². The maximum atomic E-state index is 14.5. The van der Waals surface area contributed by atoms with Crippen molar-refractivity contribution in [1.29, 1.82) is 0 Å². The molecule has 47 heteroatoms. The molecule has 21 rings (SSSR count). The fourth-order valence-corrected chi connectivity index (χ4v) is 15.5. The Morgan fingerprint density at radius 2 is 0.794 bits per heavy atom. The summed E-state index contributed by atoms with van der Waals surface area (Å²) in [6.07, 6.45) is 26.7. The second-order valence-corrected chi connectivity index (χ2v) is 32.1. The number of fused-ring (bicyclic) bond motifs is 6. The van der Waals surface area contributed by atoms with Crippen LogP contribution in [-0.4, -0.2) is 222 Å². The molecule has 15 aromatic rings. The van der Waals surface area contributed by atoms with Gasteiger partial charge in [-0.2, -0.15) is 15.3 Å². The summed E-state index contributed by atoms with van der Waals surface area (Å²) < 4.78 is 66.6. The van der Waals surface area contributed by atoms with Gasteiger partial charge in [0.25, 0.3) is 0 Å². The molecule has 6 fully saturated rings. The first-order chi connectivity index (χ1) is 59.5. The van der Waals surface area contributed by atoms with Crippen LogP contribution in [0.2, 0.25) is 15.1 Å². The van der Waals surface area contributed by atoms with Crippen LogP contribution in [0.15, 0.2) is 111 Å². The number of ketones is 2. The summed E-state index contributed by atoms with van der Waals surface area (Å²) in [6.45, 7) is 4.24. The third kappa shape index (κ3) is 18.2. The van der Waals surface area contributed by atoms with E-state index in [1.807, 2.05) is 29.6 Å². The predicted molar refractivity (Wildman–Crippen MR) is 441 cm³/mol. The van der Waals surface area contributed by atoms with Crippen molar-refractivity contribution in [3.05, 3.63) is 212 Å². The Morgan fingerprint density at radius 1 is 0.476 bits per heavy atom. The molecule has 3 saturated carbocycles. The fraction of sp³-hybridized carbons (Fsp3) is 0.354. The van der Waals surface area contributed by atoms with Gasteiger partial charge >= 0.3 is 42.7 Å². The van der Waals surface area contributed by atoms with Gasteiger partial charge in [0.2, 0.25) is 0 Å². The fourth-order valence-electron chi connectivity index (χ4n) is 15.0. The second kappa shape index (κ2) is 36.6.